The molecule has 0 heterocycles. The maximum Gasteiger partial charge on any atom is 0.416 e. The molecule has 2 rings (SSSR count). The van der Waals surface area contributed by atoms with Crippen LogP contribution in [0.2, 0.25) is 0 Å². The van der Waals surface area contributed by atoms with Gasteiger partial charge in [0.1, 0.15) is 0 Å². The molecule has 12 heteroatoms. The predicted octanol–water partition coefficient (Wildman–Crippen LogP) is 5.77. The number of benzene rings is 2. The van der Waals surface area contributed by atoms with E-state index < -0.39 is 33.9 Å². The summed E-state index contributed by atoms with van der Waals surface area (Å²) in [6.07, 6.45) is -7.37. The first-order chi connectivity index (χ1) is 13.4. The van der Waals surface area contributed by atoms with Gasteiger partial charge >= 0.3 is 18.3 Å². The summed E-state index contributed by atoms with van der Waals surface area (Å²) < 4.78 is 40.9. The minimum absolute atomic E-state index is 0.172. The largest absolute Gasteiger partial charge is 0.421 e. The second-order valence-corrected chi connectivity index (χ2v) is 7.86. The Hall–Kier alpha value is -2.36. The van der Waals surface area contributed by atoms with Crippen LogP contribution in [-0.4, -0.2) is 22.1 Å². The topological polar surface area (TPSA) is 79.5 Å². The summed E-state index contributed by atoms with van der Waals surface area (Å²) in [5.74, 6) is 0. The Labute approximate surface area is 178 Å². The lowest BCUT2D eigenvalue weighted by Crippen LogP contribution is -2.49. The summed E-state index contributed by atoms with van der Waals surface area (Å²) in [6.45, 7) is 0. The van der Waals surface area contributed by atoms with Gasteiger partial charge in [0.25, 0.3) is 0 Å². The van der Waals surface area contributed by atoms with E-state index >= 15 is 0 Å². The fourth-order valence-corrected chi connectivity index (χ4v) is 2.31. The molecule has 1 atom stereocenters. The van der Waals surface area contributed by atoms with Crippen LogP contribution in [0.15, 0.2) is 54.6 Å². The maximum atomic E-state index is 12.7. The van der Waals surface area contributed by atoms with E-state index in [-0.39, 0.29) is 5.69 Å². The Bertz CT molecular complexity index is 861. The summed E-state index contributed by atoms with van der Waals surface area (Å²) in [5.41, 5.74) is -0.755. The smallest absolute Gasteiger partial charge is 0.416 e. The van der Waals surface area contributed by atoms with E-state index in [4.69, 9.17) is 39.5 Å². The normalized spacial score (nSPS) is 12.6. The SMILES string of the molecule is O=C(Nc1cccc(C(F)(F)F)c1)N[C@H](OC(=O)Nc1ccccc1)C(Cl)(Cl)Cl. The molecule has 6 nitrogen and oxygen atoms in total. The van der Waals surface area contributed by atoms with Crippen LogP contribution in [0.3, 0.4) is 0 Å². The van der Waals surface area contributed by atoms with Gasteiger partial charge in [0, 0.05) is 11.4 Å². The fraction of sp³-hybridized carbons (Fsp3) is 0.176. The van der Waals surface area contributed by atoms with Crippen LogP contribution in [0, 0.1) is 0 Å². The van der Waals surface area contributed by atoms with Crippen molar-refractivity contribution in [2.24, 2.45) is 0 Å². The molecule has 0 aliphatic heterocycles. The number of amides is 3. The number of alkyl halides is 6. The number of para-hydroxylation sites is 1. The molecule has 0 spiro atoms. The van der Waals surface area contributed by atoms with Crippen LogP contribution < -0.4 is 16.0 Å². The second kappa shape index (κ2) is 9.43. The van der Waals surface area contributed by atoms with Gasteiger partial charge in [0.05, 0.1) is 5.56 Å². The highest BCUT2D eigenvalue weighted by Gasteiger charge is 2.38. The van der Waals surface area contributed by atoms with Crippen molar-refractivity contribution in [2.75, 3.05) is 10.6 Å². The molecule has 0 saturated heterocycles. The molecular formula is C17H13Cl3F3N3O3. The van der Waals surface area contributed by atoms with Gasteiger partial charge in [-0.3, -0.25) is 10.6 Å². The molecule has 0 aliphatic rings. The van der Waals surface area contributed by atoms with E-state index in [0.717, 1.165) is 12.1 Å². The van der Waals surface area contributed by atoms with Crippen molar-refractivity contribution in [3.8, 4) is 0 Å². The molecule has 156 valence electrons. The fourth-order valence-electron chi connectivity index (χ4n) is 2.01. The van der Waals surface area contributed by atoms with Crippen molar-refractivity contribution in [2.45, 2.75) is 16.2 Å². The highest BCUT2D eigenvalue weighted by Crippen LogP contribution is 2.32. The standard InChI is InChI=1S/C17H13Cl3F3N3O3/c18-16(19,20)13(29-15(28)25-11-6-2-1-3-7-11)26-14(27)24-12-8-4-5-10(9-12)17(21,22)23/h1-9,13H,(H,25,28)(H2,24,26,27)/t13-/m1/s1. The number of carbonyl (C=O) groups is 2. The maximum absolute atomic E-state index is 12.7. The molecule has 0 aromatic heterocycles. The lowest BCUT2D eigenvalue weighted by atomic mass is 10.2. The molecule has 0 unspecified atom stereocenters. The molecule has 0 saturated carbocycles. The predicted molar refractivity (Wildman–Crippen MR) is 104 cm³/mol. The van der Waals surface area contributed by atoms with Gasteiger partial charge in [-0.1, -0.05) is 59.1 Å². The zero-order chi connectivity index (χ0) is 21.7. The number of hydrogen-bond donors (Lipinski definition) is 3. The Morgan fingerprint density at radius 2 is 1.52 bits per heavy atom. The summed E-state index contributed by atoms with van der Waals surface area (Å²) in [7, 11) is 0. The highest BCUT2D eigenvalue weighted by molar-refractivity contribution is 6.68. The highest BCUT2D eigenvalue weighted by atomic mass is 35.6. The molecule has 0 aliphatic carbocycles. The molecule has 2 aromatic carbocycles. The van der Waals surface area contributed by atoms with Crippen LogP contribution in [-0.2, 0) is 10.9 Å². The number of halogens is 6. The van der Waals surface area contributed by atoms with Gasteiger partial charge in [-0.15, -0.1) is 0 Å². The lowest BCUT2D eigenvalue weighted by Gasteiger charge is -2.25. The Balaban J connectivity index is 2.02. The zero-order valence-corrected chi connectivity index (χ0v) is 16.5. The number of anilines is 2. The molecule has 0 bridgehead atoms. The van der Waals surface area contributed by atoms with Crippen molar-refractivity contribution in [3.63, 3.8) is 0 Å². The van der Waals surface area contributed by atoms with Crippen molar-refractivity contribution in [3.05, 3.63) is 60.2 Å². The molecular weight excluding hydrogens is 458 g/mol. The summed E-state index contributed by atoms with van der Waals surface area (Å²) in [4.78, 5) is 24.0. The van der Waals surface area contributed by atoms with Crippen LogP contribution in [0.25, 0.3) is 0 Å². The van der Waals surface area contributed by atoms with Crippen molar-refractivity contribution in [1.29, 1.82) is 0 Å². The number of rotatable bonds is 4. The lowest BCUT2D eigenvalue weighted by molar-refractivity contribution is -0.137. The Morgan fingerprint density at radius 1 is 0.897 bits per heavy atom. The molecule has 0 fully saturated rings. The van der Waals surface area contributed by atoms with Crippen LogP contribution in [0.1, 0.15) is 5.56 Å². The molecule has 3 amide bonds. The average Bonchev–Trinajstić information content (AvgIpc) is 2.60. The average molecular weight is 471 g/mol. The molecule has 2 aromatic rings. The van der Waals surface area contributed by atoms with Gasteiger partial charge in [0.2, 0.25) is 10.0 Å². The number of carbonyl (C=O) groups excluding carboxylic acids is 2. The minimum atomic E-state index is -4.59. The Morgan fingerprint density at radius 3 is 2.10 bits per heavy atom. The van der Waals surface area contributed by atoms with Crippen LogP contribution >= 0.6 is 34.8 Å². The first kappa shape index (κ1) is 22.9. The third-order valence-corrected chi connectivity index (χ3v) is 3.85. The number of nitrogens with one attached hydrogen (secondary N) is 3. The number of ether oxygens (including phenoxy) is 1. The van der Waals surface area contributed by atoms with E-state index in [1.807, 2.05) is 0 Å². The molecule has 0 radical (unpaired) electrons. The number of hydrogen-bond acceptors (Lipinski definition) is 3. The van der Waals surface area contributed by atoms with Crippen molar-refractivity contribution in [1.82, 2.24) is 5.32 Å². The Kier molecular flexibility index (Phi) is 7.45. The minimum Gasteiger partial charge on any atom is -0.421 e. The second-order valence-electron chi connectivity index (χ2n) is 5.50. The molecule has 29 heavy (non-hydrogen) atoms. The van der Waals surface area contributed by atoms with Gasteiger partial charge in [-0.2, -0.15) is 13.2 Å². The van der Waals surface area contributed by atoms with Crippen molar-refractivity contribution < 1.29 is 27.5 Å². The van der Waals surface area contributed by atoms with Gasteiger partial charge in [-0.25, -0.2) is 9.59 Å². The molecule has 3 N–H and O–H groups in total. The third-order valence-electron chi connectivity index (χ3n) is 3.25. The van der Waals surface area contributed by atoms with E-state index in [1.54, 1.807) is 30.3 Å². The summed E-state index contributed by atoms with van der Waals surface area (Å²) >= 11 is 17.1. The van der Waals surface area contributed by atoms with Gasteiger partial charge in [0.15, 0.2) is 0 Å². The monoisotopic (exact) mass is 469 g/mol. The van der Waals surface area contributed by atoms with Crippen molar-refractivity contribution >= 4 is 58.3 Å². The summed E-state index contributed by atoms with van der Waals surface area (Å²) in [6, 6.07) is 11.0. The van der Waals surface area contributed by atoms with Gasteiger partial charge < -0.3 is 10.1 Å². The van der Waals surface area contributed by atoms with E-state index in [9.17, 15) is 22.8 Å². The van der Waals surface area contributed by atoms with E-state index in [2.05, 4.69) is 16.0 Å². The third kappa shape index (κ3) is 7.52. The van der Waals surface area contributed by atoms with E-state index in [1.165, 1.54) is 6.07 Å². The van der Waals surface area contributed by atoms with Crippen LogP contribution in [0.5, 0.6) is 0 Å². The van der Waals surface area contributed by atoms with E-state index in [0.29, 0.717) is 11.8 Å². The quantitative estimate of drug-likeness (QED) is 0.392. The van der Waals surface area contributed by atoms with Gasteiger partial charge in [-0.05, 0) is 30.3 Å². The zero-order valence-electron chi connectivity index (χ0n) is 14.3. The first-order valence-electron chi connectivity index (χ1n) is 7.79. The number of urea groups is 1. The first-order valence-corrected chi connectivity index (χ1v) is 8.93. The summed E-state index contributed by atoms with van der Waals surface area (Å²) in [5, 5.41) is 6.57. The van der Waals surface area contributed by atoms with Crippen LogP contribution in [0.4, 0.5) is 34.1 Å².